The van der Waals surface area contributed by atoms with Crippen molar-refractivity contribution in [2.75, 3.05) is 7.11 Å². The largest absolute Gasteiger partial charge is 0.507 e. The van der Waals surface area contributed by atoms with E-state index in [1.807, 2.05) is 36.4 Å². The summed E-state index contributed by atoms with van der Waals surface area (Å²) in [6.07, 6.45) is 4.67. The zero-order chi connectivity index (χ0) is 18.1. The van der Waals surface area contributed by atoms with Crippen LogP contribution in [0.15, 0.2) is 60.2 Å². The van der Waals surface area contributed by atoms with Gasteiger partial charge in [-0.2, -0.15) is 5.10 Å². The first-order chi connectivity index (χ1) is 12.1. The van der Waals surface area contributed by atoms with Crippen LogP contribution in [-0.4, -0.2) is 24.3 Å². The highest BCUT2D eigenvalue weighted by molar-refractivity contribution is 5.85. The fourth-order valence-electron chi connectivity index (χ4n) is 2.32. The molecule has 0 heterocycles. The monoisotopic (exact) mass is 338 g/mol. The van der Waals surface area contributed by atoms with E-state index in [9.17, 15) is 9.90 Å². The second kappa shape index (κ2) is 9.27. The van der Waals surface area contributed by atoms with Crippen LogP contribution >= 0.6 is 0 Å². The molecule has 0 aliphatic carbocycles. The summed E-state index contributed by atoms with van der Waals surface area (Å²) in [5.41, 5.74) is 4.85. The Morgan fingerprint density at radius 1 is 1.28 bits per heavy atom. The van der Waals surface area contributed by atoms with Gasteiger partial charge in [-0.1, -0.05) is 30.3 Å². The van der Waals surface area contributed by atoms with Crippen molar-refractivity contribution in [3.05, 3.63) is 71.8 Å². The molecule has 130 valence electrons. The number of amides is 1. The summed E-state index contributed by atoms with van der Waals surface area (Å²) < 4.78 is 5.10. The molecule has 5 nitrogen and oxygen atoms in total. The molecule has 0 unspecified atom stereocenters. The molecule has 5 heteroatoms. The maximum atomic E-state index is 11.9. The number of methoxy groups -OCH3 is 1. The van der Waals surface area contributed by atoms with Crippen LogP contribution in [-0.2, 0) is 17.6 Å². The number of benzene rings is 2. The topological polar surface area (TPSA) is 70.9 Å². The molecule has 0 bridgehead atoms. The van der Waals surface area contributed by atoms with E-state index in [0.717, 1.165) is 16.9 Å². The second-order valence-corrected chi connectivity index (χ2v) is 5.49. The zero-order valence-electron chi connectivity index (χ0n) is 14.2. The lowest BCUT2D eigenvalue weighted by Gasteiger charge is -2.05. The number of phenolic OH excluding ortho intramolecular Hbond substituents is 1. The van der Waals surface area contributed by atoms with Crippen LogP contribution in [0, 0.1) is 0 Å². The molecule has 0 radical (unpaired) electrons. The standard InChI is InChI=1S/C20H22N2O3/c1-3-5-16-6-4-7-17(20(16)24)14-21-22-19(23)13-10-15-8-11-18(25-2)12-9-15/h3-4,6-9,11-12,14,24H,1,5,10,13H2,2H3,(H,22,23)/b21-14-. The first-order valence-electron chi connectivity index (χ1n) is 8.00. The average Bonchev–Trinajstić information content (AvgIpc) is 2.63. The molecule has 0 saturated carbocycles. The van der Waals surface area contributed by atoms with Crippen LogP contribution in [0.3, 0.4) is 0 Å². The number of para-hydroxylation sites is 1. The van der Waals surface area contributed by atoms with Gasteiger partial charge in [0.2, 0.25) is 5.91 Å². The molecule has 0 atom stereocenters. The third-order valence-electron chi connectivity index (χ3n) is 3.71. The van der Waals surface area contributed by atoms with E-state index in [1.165, 1.54) is 6.21 Å². The minimum Gasteiger partial charge on any atom is -0.507 e. The summed E-state index contributed by atoms with van der Waals surface area (Å²) in [5, 5.41) is 14.0. The Bertz CT molecular complexity index is 752. The first-order valence-corrected chi connectivity index (χ1v) is 8.00. The number of rotatable bonds is 8. The fraction of sp³-hybridized carbons (Fsp3) is 0.200. The number of ether oxygens (including phenoxy) is 1. The van der Waals surface area contributed by atoms with Crippen molar-refractivity contribution in [3.63, 3.8) is 0 Å². The highest BCUT2D eigenvalue weighted by Gasteiger charge is 2.04. The summed E-state index contributed by atoms with van der Waals surface area (Å²) in [5.74, 6) is 0.753. The average molecular weight is 338 g/mol. The highest BCUT2D eigenvalue weighted by atomic mass is 16.5. The van der Waals surface area contributed by atoms with E-state index < -0.39 is 0 Å². The number of nitrogens with one attached hydrogen (secondary N) is 1. The van der Waals surface area contributed by atoms with Gasteiger partial charge in [-0.15, -0.1) is 6.58 Å². The number of aromatic hydroxyl groups is 1. The maximum absolute atomic E-state index is 11.9. The molecule has 0 aromatic heterocycles. The predicted octanol–water partition coefficient (Wildman–Crippen LogP) is 3.21. The molecule has 25 heavy (non-hydrogen) atoms. The zero-order valence-corrected chi connectivity index (χ0v) is 14.2. The van der Waals surface area contributed by atoms with Crippen molar-refractivity contribution in [2.45, 2.75) is 19.3 Å². The SMILES string of the molecule is C=CCc1cccc(/C=N\NC(=O)CCc2ccc(OC)cc2)c1O. The second-order valence-electron chi connectivity index (χ2n) is 5.49. The molecule has 0 spiro atoms. The van der Waals surface area contributed by atoms with E-state index in [4.69, 9.17) is 4.74 Å². The van der Waals surface area contributed by atoms with Crippen molar-refractivity contribution < 1.29 is 14.6 Å². The first kappa shape index (κ1) is 18.3. The number of hydrogen-bond acceptors (Lipinski definition) is 4. The smallest absolute Gasteiger partial charge is 0.240 e. The van der Waals surface area contributed by atoms with Gasteiger partial charge in [0.05, 0.1) is 13.3 Å². The molecular formula is C20H22N2O3. The van der Waals surface area contributed by atoms with E-state index >= 15 is 0 Å². The van der Waals surface area contributed by atoms with E-state index in [1.54, 1.807) is 19.3 Å². The predicted molar refractivity (Wildman–Crippen MR) is 99.1 cm³/mol. The van der Waals surface area contributed by atoms with E-state index in [2.05, 4.69) is 17.1 Å². The molecule has 0 saturated heterocycles. The van der Waals surface area contributed by atoms with E-state index in [-0.39, 0.29) is 11.7 Å². The Hall–Kier alpha value is -3.08. The fourth-order valence-corrected chi connectivity index (χ4v) is 2.32. The van der Waals surface area contributed by atoms with Gasteiger partial charge in [-0.05, 0) is 42.2 Å². The molecular weight excluding hydrogens is 316 g/mol. The van der Waals surface area contributed by atoms with Crippen LogP contribution in [0.2, 0.25) is 0 Å². The number of carbonyl (C=O) groups excluding carboxylic acids is 1. The third-order valence-corrected chi connectivity index (χ3v) is 3.71. The van der Waals surface area contributed by atoms with Gasteiger partial charge in [0.25, 0.3) is 0 Å². The molecule has 2 aromatic rings. The number of allylic oxidation sites excluding steroid dienone is 1. The van der Waals surface area contributed by atoms with Crippen molar-refractivity contribution in [1.82, 2.24) is 5.43 Å². The lowest BCUT2D eigenvalue weighted by molar-refractivity contribution is -0.121. The van der Waals surface area contributed by atoms with Crippen LogP contribution in [0.4, 0.5) is 0 Å². The molecule has 0 aliphatic rings. The minimum absolute atomic E-state index is 0.152. The number of hydrogen-bond donors (Lipinski definition) is 2. The van der Waals surface area contributed by atoms with Crippen molar-refractivity contribution in [2.24, 2.45) is 5.10 Å². The van der Waals surface area contributed by atoms with E-state index in [0.29, 0.717) is 24.8 Å². The summed E-state index contributed by atoms with van der Waals surface area (Å²) in [6.45, 7) is 3.66. The normalized spacial score (nSPS) is 10.6. The summed E-state index contributed by atoms with van der Waals surface area (Å²) in [4.78, 5) is 11.9. The van der Waals surface area contributed by atoms with Crippen molar-refractivity contribution in [3.8, 4) is 11.5 Å². The number of hydrazone groups is 1. The Morgan fingerprint density at radius 2 is 2.04 bits per heavy atom. The molecule has 2 N–H and O–H groups in total. The van der Waals surface area contributed by atoms with Gasteiger partial charge < -0.3 is 9.84 Å². The van der Waals surface area contributed by atoms with Gasteiger partial charge in [0, 0.05) is 12.0 Å². The Labute approximate surface area is 147 Å². The van der Waals surface area contributed by atoms with Crippen molar-refractivity contribution >= 4 is 12.1 Å². The summed E-state index contributed by atoms with van der Waals surface area (Å²) in [6, 6.07) is 13.0. The van der Waals surface area contributed by atoms with Crippen LogP contribution in [0.25, 0.3) is 0 Å². The van der Waals surface area contributed by atoms with Crippen LogP contribution in [0.1, 0.15) is 23.1 Å². The Balaban J connectivity index is 1.85. The molecule has 1 amide bonds. The molecule has 0 fully saturated rings. The highest BCUT2D eigenvalue weighted by Crippen LogP contribution is 2.21. The van der Waals surface area contributed by atoms with Gasteiger partial charge in [-0.3, -0.25) is 4.79 Å². The summed E-state index contributed by atoms with van der Waals surface area (Å²) in [7, 11) is 1.62. The van der Waals surface area contributed by atoms with Gasteiger partial charge in [-0.25, -0.2) is 5.43 Å². The Kier molecular flexibility index (Phi) is 6.77. The quantitative estimate of drug-likeness (QED) is 0.441. The third kappa shape index (κ3) is 5.49. The minimum atomic E-state index is -0.186. The number of phenols is 1. The lowest BCUT2D eigenvalue weighted by atomic mass is 10.1. The Morgan fingerprint density at radius 3 is 2.72 bits per heavy atom. The van der Waals surface area contributed by atoms with Crippen LogP contribution < -0.4 is 10.2 Å². The van der Waals surface area contributed by atoms with Gasteiger partial charge >= 0.3 is 0 Å². The van der Waals surface area contributed by atoms with Crippen molar-refractivity contribution in [1.29, 1.82) is 0 Å². The number of aryl methyl sites for hydroxylation is 1. The number of nitrogens with zero attached hydrogens (tertiary/aromatic N) is 1. The number of carbonyl (C=O) groups is 1. The summed E-state index contributed by atoms with van der Waals surface area (Å²) >= 11 is 0. The lowest BCUT2D eigenvalue weighted by Crippen LogP contribution is -2.17. The molecule has 2 aromatic carbocycles. The molecule has 2 rings (SSSR count). The molecule has 0 aliphatic heterocycles. The maximum Gasteiger partial charge on any atom is 0.240 e. The van der Waals surface area contributed by atoms with Gasteiger partial charge in [0.1, 0.15) is 11.5 Å². The van der Waals surface area contributed by atoms with Gasteiger partial charge in [0.15, 0.2) is 0 Å². The van der Waals surface area contributed by atoms with Crippen LogP contribution in [0.5, 0.6) is 11.5 Å².